The van der Waals surface area contributed by atoms with E-state index < -0.39 is 17.9 Å². The van der Waals surface area contributed by atoms with E-state index in [1.165, 1.54) is 0 Å². The summed E-state index contributed by atoms with van der Waals surface area (Å²) in [4.78, 5) is 7.14. The van der Waals surface area contributed by atoms with Crippen LogP contribution in [0.3, 0.4) is 0 Å². The van der Waals surface area contributed by atoms with E-state index in [0.29, 0.717) is 0 Å². The first-order chi connectivity index (χ1) is 6.82. The highest BCUT2D eigenvalue weighted by Crippen LogP contribution is 2.28. The third-order valence-electron chi connectivity index (χ3n) is 1.98. The molecule has 0 aromatic carbocycles. The summed E-state index contributed by atoms with van der Waals surface area (Å²) in [5, 5.41) is 0. The molecular formula is C9H12F3N3. The average molecular weight is 219 g/mol. The number of nitrogens with zero attached hydrogens (tertiary/aromatic N) is 2. The number of hydrogen-bond acceptors (Lipinski definition) is 3. The van der Waals surface area contributed by atoms with Crippen molar-refractivity contribution >= 4 is 0 Å². The van der Waals surface area contributed by atoms with Crippen LogP contribution in [0.4, 0.5) is 13.2 Å². The molecule has 6 heteroatoms. The average Bonchev–Trinajstić information content (AvgIpc) is 2.15. The monoisotopic (exact) mass is 219 g/mol. The van der Waals surface area contributed by atoms with Crippen LogP contribution in [-0.4, -0.2) is 9.97 Å². The second kappa shape index (κ2) is 4.14. The Morgan fingerprint density at radius 2 is 1.93 bits per heavy atom. The van der Waals surface area contributed by atoms with Crippen LogP contribution >= 0.6 is 0 Å². The van der Waals surface area contributed by atoms with Crippen molar-refractivity contribution in [1.82, 2.24) is 9.97 Å². The lowest BCUT2D eigenvalue weighted by molar-refractivity contribution is -0.141. The molecule has 1 unspecified atom stereocenters. The Hall–Kier alpha value is -1.17. The molecule has 0 aliphatic rings. The van der Waals surface area contributed by atoms with Crippen LogP contribution in [0.2, 0.25) is 0 Å². The Balaban J connectivity index is 3.03. The highest BCUT2D eigenvalue weighted by atomic mass is 19.4. The Morgan fingerprint density at radius 3 is 2.40 bits per heavy atom. The molecule has 2 N–H and O–H groups in total. The van der Waals surface area contributed by atoms with E-state index in [0.717, 1.165) is 12.3 Å². The molecule has 0 saturated carbocycles. The van der Waals surface area contributed by atoms with Crippen molar-refractivity contribution in [3.8, 4) is 0 Å². The SMILES string of the molecule is CC(C)C(N)c1nccc(C(F)(F)F)n1. The molecule has 3 nitrogen and oxygen atoms in total. The molecule has 84 valence electrons. The van der Waals surface area contributed by atoms with E-state index in [1.807, 2.05) is 0 Å². The van der Waals surface area contributed by atoms with Gasteiger partial charge in [0.2, 0.25) is 0 Å². The highest BCUT2D eigenvalue weighted by Gasteiger charge is 2.33. The fourth-order valence-corrected chi connectivity index (χ4v) is 0.990. The first-order valence-corrected chi connectivity index (χ1v) is 4.48. The largest absolute Gasteiger partial charge is 0.433 e. The van der Waals surface area contributed by atoms with Crippen LogP contribution in [0.5, 0.6) is 0 Å². The lowest BCUT2D eigenvalue weighted by Gasteiger charge is -2.15. The van der Waals surface area contributed by atoms with Gasteiger partial charge in [0.15, 0.2) is 0 Å². The molecule has 0 amide bonds. The van der Waals surface area contributed by atoms with Gasteiger partial charge in [-0.05, 0) is 12.0 Å². The minimum Gasteiger partial charge on any atom is -0.321 e. The first kappa shape index (κ1) is 11.9. The maximum Gasteiger partial charge on any atom is 0.433 e. The van der Waals surface area contributed by atoms with Crippen molar-refractivity contribution in [1.29, 1.82) is 0 Å². The number of rotatable bonds is 2. The minimum atomic E-state index is -4.45. The summed E-state index contributed by atoms with van der Waals surface area (Å²) in [6.07, 6.45) is -3.37. The van der Waals surface area contributed by atoms with Crippen LogP contribution in [0.15, 0.2) is 12.3 Å². The van der Waals surface area contributed by atoms with Gasteiger partial charge in [-0.3, -0.25) is 0 Å². The zero-order valence-corrected chi connectivity index (χ0v) is 8.42. The third kappa shape index (κ3) is 2.89. The molecule has 0 bridgehead atoms. The molecule has 0 radical (unpaired) electrons. The maximum atomic E-state index is 12.3. The van der Waals surface area contributed by atoms with E-state index in [4.69, 9.17) is 5.73 Å². The standard InChI is InChI=1S/C9H12F3N3/c1-5(2)7(13)8-14-4-3-6(15-8)9(10,11)12/h3-5,7H,13H2,1-2H3. The van der Waals surface area contributed by atoms with Crippen LogP contribution in [-0.2, 0) is 6.18 Å². The minimum absolute atomic E-state index is 0.00603. The number of hydrogen-bond donors (Lipinski definition) is 1. The molecule has 1 rings (SSSR count). The van der Waals surface area contributed by atoms with E-state index in [9.17, 15) is 13.2 Å². The van der Waals surface area contributed by atoms with Gasteiger partial charge in [0, 0.05) is 6.20 Å². The topological polar surface area (TPSA) is 51.8 Å². The van der Waals surface area contributed by atoms with Gasteiger partial charge in [-0.25, -0.2) is 9.97 Å². The highest BCUT2D eigenvalue weighted by molar-refractivity contribution is 5.08. The van der Waals surface area contributed by atoms with Crippen LogP contribution < -0.4 is 5.73 Å². The summed E-state index contributed by atoms with van der Waals surface area (Å²) < 4.78 is 36.9. The predicted molar refractivity (Wildman–Crippen MR) is 48.8 cm³/mol. The summed E-state index contributed by atoms with van der Waals surface area (Å²) in [6.45, 7) is 3.60. The second-order valence-electron chi connectivity index (χ2n) is 3.57. The predicted octanol–water partition coefficient (Wildman–Crippen LogP) is 2.15. The Kier molecular flexibility index (Phi) is 3.28. The quantitative estimate of drug-likeness (QED) is 0.829. The fraction of sp³-hybridized carbons (Fsp3) is 0.556. The van der Waals surface area contributed by atoms with Crippen molar-refractivity contribution in [2.24, 2.45) is 11.7 Å². The molecule has 1 heterocycles. The molecule has 1 aromatic heterocycles. The zero-order valence-electron chi connectivity index (χ0n) is 8.42. The van der Waals surface area contributed by atoms with Crippen LogP contribution in [0.1, 0.15) is 31.4 Å². The number of aromatic nitrogens is 2. The molecule has 15 heavy (non-hydrogen) atoms. The summed E-state index contributed by atoms with van der Waals surface area (Å²) in [5.74, 6) is 0.0216. The van der Waals surface area contributed by atoms with Gasteiger partial charge in [-0.1, -0.05) is 13.8 Å². The summed E-state index contributed by atoms with van der Waals surface area (Å²) in [7, 11) is 0. The molecule has 1 aromatic rings. The van der Waals surface area contributed by atoms with Gasteiger partial charge in [-0.2, -0.15) is 13.2 Å². The van der Waals surface area contributed by atoms with Crippen molar-refractivity contribution < 1.29 is 13.2 Å². The Labute approximate surface area is 85.5 Å². The van der Waals surface area contributed by atoms with Gasteiger partial charge in [0.25, 0.3) is 0 Å². The number of nitrogens with two attached hydrogens (primary N) is 1. The molecule has 0 saturated heterocycles. The summed E-state index contributed by atoms with van der Waals surface area (Å²) >= 11 is 0. The molecule has 0 aliphatic carbocycles. The van der Waals surface area contributed by atoms with Crippen molar-refractivity contribution in [2.75, 3.05) is 0 Å². The molecular weight excluding hydrogens is 207 g/mol. The normalized spacial score (nSPS) is 14.3. The lowest BCUT2D eigenvalue weighted by atomic mass is 10.1. The lowest BCUT2D eigenvalue weighted by Crippen LogP contribution is -2.21. The number of alkyl halides is 3. The van der Waals surface area contributed by atoms with Gasteiger partial charge in [-0.15, -0.1) is 0 Å². The Morgan fingerprint density at radius 1 is 1.33 bits per heavy atom. The zero-order chi connectivity index (χ0) is 11.6. The van der Waals surface area contributed by atoms with E-state index in [1.54, 1.807) is 13.8 Å². The van der Waals surface area contributed by atoms with E-state index in [-0.39, 0.29) is 11.7 Å². The van der Waals surface area contributed by atoms with Crippen molar-refractivity contribution in [2.45, 2.75) is 26.1 Å². The van der Waals surface area contributed by atoms with Gasteiger partial charge < -0.3 is 5.73 Å². The fourth-order valence-electron chi connectivity index (χ4n) is 0.990. The van der Waals surface area contributed by atoms with Crippen molar-refractivity contribution in [3.05, 3.63) is 23.8 Å². The second-order valence-corrected chi connectivity index (χ2v) is 3.57. The van der Waals surface area contributed by atoms with Crippen LogP contribution in [0, 0.1) is 5.92 Å². The summed E-state index contributed by atoms with van der Waals surface area (Å²) in [6, 6.07) is 0.253. The van der Waals surface area contributed by atoms with E-state index in [2.05, 4.69) is 9.97 Å². The maximum absolute atomic E-state index is 12.3. The number of halogens is 3. The molecule has 0 spiro atoms. The molecule has 1 atom stereocenters. The molecule has 0 fully saturated rings. The van der Waals surface area contributed by atoms with Gasteiger partial charge in [0.05, 0.1) is 6.04 Å². The first-order valence-electron chi connectivity index (χ1n) is 4.48. The Bertz CT molecular complexity index is 336. The van der Waals surface area contributed by atoms with Crippen LogP contribution in [0.25, 0.3) is 0 Å². The smallest absolute Gasteiger partial charge is 0.321 e. The van der Waals surface area contributed by atoms with E-state index >= 15 is 0 Å². The van der Waals surface area contributed by atoms with Gasteiger partial charge in [0.1, 0.15) is 11.5 Å². The molecule has 0 aliphatic heterocycles. The van der Waals surface area contributed by atoms with Crippen molar-refractivity contribution in [3.63, 3.8) is 0 Å². The summed E-state index contributed by atoms with van der Waals surface area (Å²) in [5.41, 5.74) is 4.70. The third-order valence-corrected chi connectivity index (χ3v) is 1.98. The van der Waals surface area contributed by atoms with Gasteiger partial charge >= 0.3 is 6.18 Å².